The number of aromatic nitrogens is 2. The van der Waals surface area contributed by atoms with Gasteiger partial charge < -0.3 is 0 Å². The SMILES string of the molecule is CCCc1[nH]ncc1Cl. The summed E-state index contributed by atoms with van der Waals surface area (Å²) in [5, 5.41) is 7.35. The van der Waals surface area contributed by atoms with Crippen molar-refractivity contribution in [2.75, 3.05) is 0 Å². The van der Waals surface area contributed by atoms with Gasteiger partial charge in [0.2, 0.25) is 0 Å². The van der Waals surface area contributed by atoms with Gasteiger partial charge in [0.25, 0.3) is 0 Å². The van der Waals surface area contributed by atoms with Crippen molar-refractivity contribution in [1.29, 1.82) is 0 Å². The topological polar surface area (TPSA) is 28.7 Å². The van der Waals surface area contributed by atoms with Crippen LogP contribution >= 0.6 is 11.6 Å². The average Bonchev–Trinajstić information content (AvgIpc) is 2.18. The first-order valence-electron chi connectivity index (χ1n) is 3.02. The molecule has 0 aliphatic heterocycles. The second-order valence-corrected chi connectivity index (χ2v) is 2.35. The van der Waals surface area contributed by atoms with Gasteiger partial charge in [-0.15, -0.1) is 0 Å². The number of nitrogens with one attached hydrogen (secondary N) is 1. The molecule has 1 aromatic heterocycles. The molecule has 0 saturated carbocycles. The molecule has 0 radical (unpaired) electrons. The zero-order chi connectivity index (χ0) is 6.69. The van der Waals surface area contributed by atoms with Crippen LogP contribution in [0.5, 0.6) is 0 Å². The maximum absolute atomic E-state index is 5.72. The van der Waals surface area contributed by atoms with Gasteiger partial charge in [0.05, 0.1) is 16.9 Å². The van der Waals surface area contributed by atoms with E-state index in [1.807, 2.05) is 0 Å². The Labute approximate surface area is 59.2 Å². The summed E-state index contributed by atoms with van der Waals surface area (Å²) < 4.78 is 0. The van der Waals surface area contributed by atoms with Crippen molar-refractivity contribution < 1.29 is 0 Å². The van der Waals surface area contributed by atoms with Gasteiger partial charge in [-0.3, -0.25) is 5.10 Å². The van der Waals surface area contributed by atoms with E-state index in [-0.39, 0.29) is 0 Å². The first kappa shape index (κ1) is 6.62. The van der Waals surface area contributed by atoms with Crippen molar-refractivity contribution in [2.24, 2.45) is 0 Å². The van der Waals surface area contributed by atoms with Crippen LogP contribution in [0.1, 0.15) is 19.0 Å². The number of H-pyrrole nitrogens is 1. The molecule has 1 heterocycles. The fourth-order valence-electron chi connectivity index (χ4n) is 0.724. The summed E-state index contributed by atoms with van der Waals surface area (Å²) >= 11 is 5.72. The molecule has 0 aliphatic rings. The Morgan fingerprint density at radius 2 is 2.56 bits per heavy atom. The molecule has 0 aliphatic carbocycles. The number of hydrogen-bond donors (Lipinski definition) is 1. The van der Waals surface area contributed by atoms with Gasteiger partial charge in [-0.2, -0.15) is 5.10 Å². The van der Waals surface area contributed by atoms with Gasteiger partial charge >= 0.3 is 0 Å². The summed E-state index contributed by atoms with van der Waals surface area (Å²) in [7, 11) is 0. The van der Waals surface area contributed by atoms with E-state index in [2.05, 4.69) is 17.1 Å². The van der Waals surface area contributed by atoms with Gasteiger partial charge in [-0.05, 0) is 6.42 Å². The highest BCUT2D eigenvalue weighted by molar-refractivity contribution is 6.31. The van der Waals surface area contributed by atoms with E-state index in [0.29, 0.717) is 0 Å². The largest absolute Gasteiger partial charge is 0.281 e. The highest BCUT2D eigenvalue weighted by atomic mass is 35.5. The number of halogens is 1. The molecule has 50 valence electrons. The second kappa shape index (κ2) is 2.87. The maximum atomic E-state index is 5.72. The molecule has 0 spiro atoms. The Morgan fingerprint density at radius 3 is 3.00 bits per heavy atom. The smallest absolute Gasteiger partial charge is 0.0815 e. The lowest BCUT2D eigenvalue weighted by molar-refractivity contribution is 0.867. The third kappa shape index (κ3) is 1.45. The Balaban J connectivity index is 2.69. The zero-order valence-electron chi connectivity index (χ0n) is 5.32. The molecule has 2 nitrogen and oxygen atoms in total. The minimum atomic E-state index is 0.747. The summed E-state index contributed by atoms with van der Waals surface area (Å²) in [5.74, 6) is 0. The van der Waals surface area contributed by atoms with Crippen molar-refractivity contribution in [1.82, 2.24) is 10.2 Å². The summed E-state index contributed by atoms with van der Waals surface area (Å²) in [5.41, 5.74) is 1.04. The summed E-state index contributed by atoms with van der Waals surface area (Å²) in [4.78, 5) is 0. The van der Waals surface area contributed by atoms with Crippen molar-refractivity contribution >= 4 is 11.6 Å². The van der Waals surface area contributed by atoms with Crippen molar-refractivity contribution in [2.45, 2.75) is 19.8 Å². The Bertz CT molecular complexity index is 183. The fourth-order valence-corrected chi connectivity index (χ4v) is 0.909. The summed E-state index contributed by atoms with van der Waals surface area (Å²) in [6.07, 6.45) is 3.72. The highest BCUT2D eigenvalue weighted by Gasteiger charge is 1.98. The van der Waals surface area contributed by atoms with Crippen LogP contribution in [0, 0.1) is 0 Å². The molecular weight excluding hydrogens is 136 g/mol. The first-order chi connectivity index (χ1) is 4.34. The van der Waals surface area contributed by atoms with E-state index in [1.54, 1.807) is 6.20 Å². The van der Waals surface area contributed by atoms with Crippen LogP contribution in [0.25, 0.3) is 0 Å². The standard InChI is InChI=1S/C6H9ClN2/c1-2-3-6-5(7)4-8-9-6/h4H,2-3H2,1H3,(H,8,9). The molecule has 1 N–H and O–H groups in total. The summed E-state index contributed by atoms with van der Waals surface area (Å²) in [6.45, 7) is 2.11. The van der Waals surface area contributed by atoms with E-state index in [0.717, 1.165) is 23.6 Å². The van der Waals surface area contributed by atoms with Gasteiger partial charge in [0.1, 0.15) is 0 Å². The molecule has 1 rings (SSSR count). The Kier molecular flexibility index (Phi) is 2.11. The van der Waals surface area contributed by atoms with Crippen molar-refractivity contribution in [3.8, 4) is 0 Å². The first-order valence-corrected chi connectivity index (χ1v) is 3.40. The van der Waals surface area contributed by atoms with E-state index < -0.39 is 0 Å². The minimum absolute atomic E-state index is 0.747. The number of hydrogen-bond acceptors (Lipinski definition) is 1. The van der Waals surface area contributed by atoms with Crippen LogP contribution < -0.4 is 0 Å². The molecule has 0 amide bonds. The van der Waals surface area contributed by atoms with Gasteiger partial charge in [-0.1, -0.05) is 24.9 Å². The Hall–Kier alpha value is -0.500. The maximum Gasteiger partial charge on any atom is 0.0815 e. The molecule has 3 heteroatoms. The predicted molar refractivity (Wildman–Crippen MR) is 37.6 cm³/mol. The van der Waals surface area contributed by atoms with Crippen LogP contribution in [0.15, 0.2) is 6.20 Å². The molecule has 9 heavy (non-hydrogen) atoms. The number of aryl methyl sites for hydroxylation is 1. The van der Waals surface area contributed by atoms with Gasteiger partial charge in [0, 0.05) is 0 Å². The molecule has 0 bridgehead atoms. The van der Waals surface area contributed by atoms with Crippen LogP contribution in [-0.2, 0) is 6.42 Å². The Morgan fingerprint density at radius 1 is 1.78 bits per heavy atom. The van der Waals surface area contributed by atoms with Crippen molar-refractivity contribution in [3.05, 3.63) is 16.9 Å². The van der Waals surface area contributed by atoms with E-state index in [9.17, 15) is 0 Å². The van der Waals surface area contributed by atoms with Crippen LogP contribution in [0.4, 0.5) is 0 Å². The lowest BCUT2D eigenvalue weighted by Gasteiger charge is -1.90. The highest BCUT2D eigenvalue weighted by Crippen LogP contribution is 2.12. The molecule has 1 aromatic rings. The molecule has 0 unspecified atom stereocenters. The zero-order valence-corrected chi connectivity index (χ0v) is 6.07. The van der Waals surface area contributed by atoms with E-state index in [4.69, 9.17) is 11.6 Å². The van der Waals surface area contributed by atoms with Gasteiger partial charge in [0.15, 0.2) is 0 Å². The van der Waals surface area contributed by atoms with Crippen LogP contribution in [0.2, 0.25) is 5.02 Å². The number of aromatic amines is 1. The van der Waals surface area contributed by atoms with Crippen molar-refractivity contribution in [3.63, 3.8) is 0 Å². The quantitative estimate of drug-likeness (QED) is 0.676. The molecule has 0 fully saturated rings. The number of rotatable bonds is 2. The minimum Gasteiger partial charge on any atom is -0.281 e. The average molecular weight is 145 g/mol. The molecular formula is C6H9ClN2. The molecule has 0 saturated heterocycles. The third-order valence-electron chi connectivity index (χ3n) is 1.17. The predicted octanol–water partition coefficient (Wildman–Crippen LogP) is 2.02. The number of nitrogens with zero attached hydrogens (tertiary/aromatic N) is 1. The van der Waals surface area contributed by atoms with Crippen LogP contribution in [-0.4, -0.2) is 10.2 Å². The lowest BCUT2D eigenvalue weighted by Crippen LogP contribution is -1.82. The molecule has 0 atom stereocenters. The molecule has 0 aromatic carbocycles. The van der Waals surface area contributed by atoms with E-state index in [1.165, 1.54) is 0 Å². The second-order valence-electron chi connectivity index (χ2n) is 1.95. The van der Waals surface area contributed by atoms with Gasteiger partial charge in [-0.25, -0.2) is 0 Å². The fraction of sp³-hybridized carbons (Fsp3) is 0.500. The third-order valence-corrected chi connectivity index (χ3v) is 1.49. The van der Waals surface area contributed by atoms with Crippen LogP contribution in [0.3, 0.4) is 0 Å². The summed E-state index contributed by atoms with van der Waals surface area (Å²) in [6, 6.07) is 0. The van der Waals surface area contributed by atoms with E-state index >= 15 is 0 Å². The lowest BCUT2D eigenvalue weighted by atomic mass is 10.3. The monoisotopic (exact) mass is 144 g/mol. The normalized spacial score (nSPS) is 10.0.